The Morgan fingerprint density at radius 2 is 2.17 bits per heavy atom. The first-order valence-electron chi connectivity index (χ1n) is 10.9. The van der Waals surface area contributed by atoms with Crippen molar-refractivity contribution >= 4 is 44.4 Å². The molecule has 5 rings (SSSR count). The number of halogens is 1. The van der Waals surface area contributed by atoms with E-state index in [-0.39, 0.29) is 23.6 Å². The number of hydrogen-bond donors (Lipinski definition) is 2. The monoisotopic (exact) mass is 492 g/mol. The minimum absolute atomic E-state index is 0.0184. The predicted molar refractivity (Wildman–Crippen MR) is 130 cm³/mol. The first kappa shape index (κ1) is 22.8. The van der Waals surface area contributed by atoms with Gasteiger partial charge in [-0.05, 0) is 37.6 Å². The third-order valence-corrected chi connectivity index (χ3v) is 7.00. The number of likely N-dealkylation sites (tertiary alicyclic amines) is 1. The minimum Gasteiger partial charge on any atom is -0.453 e. The van der Waals surface area contributed by atoms with E-state index in [2.05, 4.69) is 16.2 Å². The average Bonchev–Trinajstić information content (AvgIpc) is 3.55. The molecule has 0 unspecified atom stereocenters. The number of nitrogens with one attached hydrogen (secondary N) is 1. The zero-order valence-corrected chi connectivity index (χ0v) is 19.6. The number of amides is 2. The van der Waals surface area contributed by atoms with Crippen molar-refractivity contribution in [2.24, 2.45) is 0 Å². The van der Waals surface area contributed by atoms with E-state index < -0.39 is 18.0 Å². The maximum atomic E-state index is 15.4. The Kier molecular flexibility index (Phi) is 5.88. The normalized spacial score (nSPS) is 15.5. The van der Waals surface area contributed by atoms with E-state index in [4.69, 9.17) is 11.2 Å². The Labute approximate surface area is 203 Å². The van der Waals surface area contributed by atoms with Gasteiger partial charge in [0.15, 0.2) is 11.6 Å². The molecule has 10 heteroatoms. The molecule has 4 aromatic rings. The summed E-state index contributed by atoms with van der Waals surface area (Å²) in [5.41, 5.74) is 1.49. The Balaban J connectivity index is 1.47. The third kappa shape index (κ3) is 4.09. The van der Waals surface area contributed by atoms with Crippen LogP contribution in [0.4, 0.5) is 9.18 Å². The zero-order valence-electron chi connectivity index (χ0n) is 18.7. The predicted octanol–water partition coefficient (Wildman–Crippen LogP) is 3.89. The second-order valence-electron chi connectivity index (χ2n) is 8.22. The highest BCUT2D eigenvalue weighted by Crippen LogP contribution is 2.38. The van der Waals surface area contributed by atoms with Crippen molar-refractivity contribution in [1.82, 2.24) is 19.8 Å². The van der Waals surface area contributed by atoms with E-state index in [0.29, 0.717) is 51.6 Å². The number of hydrogen-bond acceptors (Lipinski definition) is 6. The molecule has 1 fully saturated rings. The molecule has 2 amide bonds. The van der Waals surface area contributed by atoms with Crippen LogP contribution in [0, 0.1) is 25.1 Å². The molecule has 4 heterocycles. The summed E-state index contributed by atoms with van der Waals surface area (Å²) in [4.78, 5) is 31.7. The summed E-state index contributed by atoms with van der Waals surface area (Å²) >= 11 is 1.21. The lowest BCUT2D eigenvalue weighted by Crippen LogP contribution is -2.29. The standard InChI is InChI=1S/C25H21FN4O4S/c1-3-8-28-25(33)30-14(2)11-16-18(30)4-5-19(22(16)26)34-20-6-9-27-17-12-21(35-23(17)20)24(32)29-10-7-15(31)13-29/h1,4-6,9,11-12,15,31H,7-8,10,13H2,2H3,(H,28,33)/t15-/m1/s1. The summed E-state index contributed by atoms with van der Waals surface area (Å²) in [6.07, 6.45) is 6.78. The van der Waals surface area contributed by atoms with Crippen LogP contribution in [-0.2, 0) is 0 Å². The van der Waals surface area contributed by atoms with Crippen molar-refractivity contribution < 1.29 is 23.8 Å². The molecule has 1 saturated heterocycles. The van der Waals surface area contributed by atoms with Crippen LogP contribution in [0.25, 0.3) is 21.1 Å². The average molecular weight is 493 g/mol. The van der Waals surface area contributed by atoms with Crippen molar-refractivity contribution in [1.29, 1.82) is 0 Å². The number of rotatable bonds is 4. The highest BCUT2D eigenvalue weighted by atomic mass is 32.1. The fraction of sp³-hybridized carbons (Fsp3) is 0.240. The van der Waals surface area contributed by atoms with Gasteiger partial charge in [0.25, 0.3) is 5.91 Å². The van der Waals surface area contributed by atoms with Gasteiger partial charge < -0.3 is 20.1 Å². The van der Waals surface area contributed by atoms with E-state index in [0.717, 1.165) is 0 Å². The van der Waals surface area contributed by atoms with E-state index in [1.807, 2.05) is 0 Å². The van der Waals surface area contributed by atoms with Crippen LogP contribution in [0.5, 0.6) is 11.5 Å². The van der Waals surface area contributed by atoms with Gasteiger partial charge in [0.1, 0.15) is 5.75 Å². The number of aromatic nitrogens is 2. The Morgan fingerprint density at radius 3 is 2.91 bits per heavy atom. The van der Waals surface area contributed by atoms with Gasteiger partial charge in [-0.1, -0.05) is 5.92 Å². The van der Waals surface area contributed by atoms with Crippen LogP contribution >= 0.6 is 11.3 Å². The van der Waals surface area contributed by atoms with Crippen LogP contribution < -0.4 is 10.1 Å². The quantitative estimate of drug-likeness (QED) is 0.422. The van der Waals surface area contributed by atoms with E-state index in [1.54, 1.807) is 36.1 Å². The van der Waals surface area contributed by atoms with Crippen molar-refractivity contribution in [2.75, 3.05) is 19.6 Å². The first-order chi connectivity index (χ1) is 16.9. The number of ether oxygens (including phenoxy) is 1. The molecule has 0 saturated carbocycles. The minimum atomic E-state index is -0.613. The van der Waals surface area contributed by atoms with Gasteiger partial charge in [0, 0.05) is 36.4 Å². The number of benzene rings is 1. The molecule has 1 atom stereocenters. The number of thiophene rings is 1. The lowest BCUT2D eigenvalue weighted by atomic mass is 10.2. The summed E-state index contributed by atoms with van der Waals surface area (Å²) in [5, 5.41) is 12.6. The number of pyridine rings is 1. The zero-order chi connectivity index (χ0) is 24.7. The molecule has 178 valence electrons. The van der Waals surface area contributed by atoms with E-state index in [9.17, 15) is 14.7 Å². The number of aliphatic hydroxyl groups is 1. The Hall–Kier alpha value is -3.94. The molecule has 2 N–H and O–H groups in total. The van der Waals surface area contributed by atoms with Crippen molar-refractivity contribution in [3.05, 3.63) is 52.9 Å². The second-order valence-corrected chi connectivity index (χ2v) is 9.28. The third-order valence-electron chi connectivity index (χ3n) is 5.87. The van der Waals surface area contributed by atoms with Crippen molar-refractivity contribution in [3.8, 4) is 23.8 Å². The number of fused-ring (bicyclic) bond motifs is 2. The molecule has 1 aromatic carbocycles. The topological polar surface area (TPSA) is 96.7 Å². The highest BCUT2D eigenvalue weighted by molar-refractivity contribution is 7.21. The number of carbonyl (C=O) groups is 2. The van der Waals surface area contributed by atoms with Crippen LogP contribution in [0.1, 0.15) is 21.8 Å². The summed E-state index contributed by atoms with van der Waals surface area (Å²) < 4.78 is 23.3. The van der Waals surface area contributed by atoms with Crippen LogP contribution in [0.15, 0.2) is 36.5 Å². The Bertz CT molecular complexity index is 1520. The second kappa shape index (κ2) is 9.02. The summed E-state index contributed by atoms with van der Waals surface area (Å²) in [6, 6.07) is 7.48. The molecule has 3 aromatic heterocycles. The molecule has 35 heavy (non-hydrogen) atoms. The fourth-order valence-corrected chi connectivity index (χ4v) is 5.25. The van der Waals surface area contributed by atoms with Crippen molar-refractivity contribution in [2.45, 2.75) is 19.4 Å². The molecular formula is C25H21FN4O4S. The van der Waals surface area contributed by atoms with Gasteiger partial charge in [0.05, 0.1) is 33.3 Å². The maximum absolute atomic E-state index is 15.4. The molecule has 0 spiro atoms. The van der Waals surface area contributed by atoms with E-state index in [1.165, 1.54) is 28.2 Å². The highest BCUT2D eigenvalue weighted by Gasteiger charge is 2.27. The number of terminal acetylenes is 1. The van der Waals surface area contributed by atoms with Gasteiger partial charge in [-0.15, -0.1) is 17.8 Å². The lowest BCUT2D eigenvalue weighted by Gasteiger charge is -2.13. The fourth-order valence-electron chi connectivity index (χ4n) is 4.21. The van der Waals surface area contributed by atoms with Gasteiger partial charge in [-0.3, -0.25) is 14.3 Å². The number of aryl methyl sites for hydroxylation is 1. The molecule has 8 nitrogen and oxygen atoms in total. The van der Waals surface area contributed by atoms with Crippen LogP contribution in [0.2, 0.25) is 0 Å². The Morgan fingerprint density at radius 1 is 1.34 bits per heavy atom. The number of β-amino-alcohol motifs (C(OH)–C–C–N with tert-alkyl or cyclic N) is 1. The lowest BCUT2D eigenvalue weighted by molar-refractivity contribution is 0.0769. The molecular weight excluding hydrogens is 471 g/mol. The van der Waals surface area contributed by atoms with Gasteiger partial charge in [0.2, 0.25) is 0 Å². The summed E-state index contributed by atoms with van der Waals surface area (Å²) in [7, 11) is 0. The largest absolute Gasteiger partial charge is 0.453 e. The summed E-state index contributed by atoms with van der Waals surface area (Å²) in [5.74, 6) is 1.89. The first-order valence-corrected chi connectivity index (χ1v) is 11.7. The summed E-state index contributed by atoms with van der Waals surface area (Å²) in [6.45, 7) is 2.56. The van der Waals surface area contributed by atoms with Crippen LogP contribution in [-0.4, -0.2) is 57.2 Å². The smallest absolute Gasteiger partial charge is 0.327 e. The molecule has 1 aliphatic heterocycles. The molecule has 1 aliphatic rings. The molecule has 0 aliphatic carbocycles. The van der Waals surface area contributed by atoms with Gasteiger partial charge in [-0.25, -0.2) is 9.18 Å². The van der Waals surface area contributed by atoms with Crippen molar-refractivity contribution in [3.63, 3.8) is 0 Å². The molecule has 0 radical (unpaired) electrons. The van der Waals surface area contributed by atoms with Crippen LogP contribution in [0.3, 0.4) is 0 Å². The number of nitrogens with zero attached hydrogens (tertiary/aromatic N) is 3. The maximum Gasteiger partial charge on any atom is 0.327 e. The van der Waals surface area contributed by atoms with Gasteiger partial charge in [-0.2, -0.15) is 0 Å². The SMILES string of the molecule is C#CCNC(=O)n1c(C)cc2c(F)c(Oc3ccnc4cc(C(=O)N5CC[C@@H](O)C5)sc34)ccc21. The number of aliphatic hydroxyl groups excluding tert-OH is 1. The van der Waals surface area contributed by atoms with Gasteiger partial charge >= 0.3 is 6.03 Å². The van der Waals surface area contributed by atoms with E-state index >= 15 is 4.39 Å². The number of carbonyl (C=O) groups excluding carboxylic acids is 2. The molecule has 0 bridgehead atoms.